The summed E-state index contributed by atoms with van der Waals surface area (Å²) in [7, 11) is 1.54. The minimum Gasteiger partial charge on any atom is -0.399 e. The van der Waals surface area contributed by atoms with Gasteiger partial charge in [0.1, 0.15) is 13.4 Å². The van der Waals surface area contributed by atoms with Crippen molar-refractivity contribution in [2.45, 2.75) is 13.8 Å². The molecule has 6 heteroatoms. The van der Waals surface area contributed by atoms with Crippen LogP contribution in [0.2, 0.25) is 0 Å². The Morgan fingerprint density at radius 3 is 3.07 bits per heavy atom. The van der Waals surface area contributed by atoms with Gasteiger partial charge in [0.05, 0.1) is 16.3 Å². The fraction of sp³-hybridized carbons (Fsp3) is 0.375. The first-order chi connectivity index (χ1) is 6.74. The molecule has 0 spiro atoms. The Balaban J connectivity index is 2.57. The van der Waals surface area contributed by atoms with Gasteiger partial charge in [0.2, 0.25) is 4.96 Å². The molecule has 14 heavy (non-hydrogen) atoms. The first-order valence-corrected chi connectivity index (χ1v) is 4.93. The molecule has 0 saturated heterocycles. The standard InChI is InChI=1S/C8H10N4OS/c1-5(11-13-3)7-6(2)12-8(14-7)9-4-10-12/h4H,1-3H3/b11-5-. The molecule has 0 saturated carbocycles. The van der Waals surface area contributed by atoms with Crippen LogP contribution >= 0.6 is 11.3 Å². The smallest absolute Gasteiger partial charge is 0.212 e. The zero-order valence-electron chi connectivity index (χ0n) is 8.18. The number of nitrogens with zero attached hydrogens (tertiary/aromatic N) is 4. The summed E-state index contributed by atoms with van der Waals surface area (Å²) in [6.07, 6.45) is 1.55. The van der Waals surface area contributed by atoms with Crippen molar-refractivity contribution in [2.75, 3.05) is 7.11 Å². The molecule has 0 aromatic carbocycles. The molecule has 0 fully saturated rings. The second kappa shape index (κ2) is 3.38. The third kappa shape index (κ3) is 1.27. The van der Waals surface area contributed by atoms with E-state index in [-0.39, 0.29) is 0 Å². The number of hydrogen-bond donors (Lipinski definition) is 0. The lowest BCUT2D eigenvalue weighted by molar-refractivity contribution is 0.213. The van der Waals surface area contributed by atoms with Gasteiger partial charge in [-0.3, -0.25) is 0 Å². The third-order valence-electron chi connectivity index (χ3n) is 1.91. The van der Waals surface area contributed by atoms with Crippen molar-refractivity contribution in [3.05, 3.63) is 16.9 Å². The summed E-state index contributed by atoms with van der Waals surface area (Å²) in [6, 6.07) is 0. The summed E-state index contributed by atoms with van der Waals surface area (Å²) in [5, 5.41) is 7.99. The molecule has 0 radical (unpaired) electrons. The van der Waals surface area contributed by atoms with E-state index in [1.165, 1.54) is 7.11 Å². The quantitative estimate of drug-likeness (QED) is 0.557. The first kappa shape index (κ1) is 9.14. The van der Waals surface area contributed by atoms with Crippen LogP contribution in [0.4, 0.5) is 0 Å². The molecule has 0 atom stereocenters. The van der Waals surface area contributed by atoms with Crippen LogP contribution in [0.1, 0.15) is 17.5 Å². The van der Waals surface area contributed by atoms with Crippen molar-refractivity contribution in [1.82, 2.24) is 14.6 Å². The Morgan fingerprint density at radius 2 is 2.43 bits per heavy atom. The highest BCUT2D eigenvalue weighted by Gasteiger charge is 2.12. The molecular weight excluding hydrogens is 200 g/mol. The van der Waals surface area contributed by atoms with Crippen LogP contribution in [-0.4, -0.2) is 27.4 Å². The monoisotopic (exact) mass is 210 g/mol. The third-order valence-corrected chi connectivity index (χ3v) is 3.17. The van der Waals surface area contributed by atoms with Gasteiger partial charge in [0.25, 0.3) is 0 Å². The van der Waals surface area contributed by atoms with E-state index in [0.29, 0.717) is 0 Å². The molecule has 0 aliphatic rings. The minimum absolute atomic E-state index is 0.849. The van der Waals surface area contributed by atoms with Crippen LogP contribution in [0.5, 0.6) is 0 Å². The van der Waals surface area contributed by atoms with Crippen LogP contribution in [0, 0.1) is 6.92 Å². The highest BCUT2D eigenvalue weighted by molar-refractivity contribution is 7.19. The Hall–Kier alpha value is -1.43. The summed E-state index contributed by atoms with van der Waals surface area (Å²) < 4.78 is 1.80. The Labute approximate surface area is 85.0 Å². The number of aryl methyl sites for hydroxylation is 1. The van der Waals surface area contributed by atoms with E-state index in [2.05, 4.69) is 15.2 Å². The number of oxime groups is 1. The minimum atomic E-state index is 0.849. The summed E-state index contributed by atoms with van der Waals surface area (Å²) in [4.78, 5) is 10.8. The van der Waals surface area contributed by atoms with E-state index >= 15 is 0 Å². The number of fused-ring (bicyclic) bond motifs is 1. The molecular formula is C8H10N4OS. The van der Waals surface area contributed by atoms with Crippen molar-refractivity contribution < 1.29 is 4.84 Å². The Bertz CT molecular complexity index is 484. The predicted molar refractivity (Wildman–Crippen MR) is 54.8 cm³/mol. The predicted octanol–water partition coefficient (Wildman–Crippen LogP) is 1.47. The summed E-state index contributed by atoms with van der Waals surface area (Å²) >= 11 is 1.56. The van der Waals surface area contributed by atoms with E-state index in [1.54, 1.807) is 22.2 Å². The van der Waals surface area contributed by atoms with Gasteiger partial charge in [-0.15, -0.1) is 0 Å². The van der Waals surface area contributed by atoms with Gasteiger partial charge in [-0.2, -0.15) is 5.10 Å². The molecule has 2 heterocycles. The van der Waals surface area contributed by atoms with Crippen molar-refractivity contribution in [1.29, 1.82) is 0 Å². The average Bonchev–Trinajstić information content (AvgIpc) is 2.69. The SMILES string of the molecule is CO/N=C(/C)c1sc2ncnn2c1C. The van der Waals surface area contributed by atoms with E-state index in [1.807, 2.05) is 13.8 Å². The van der Waals surface area contributed by atoms with Crippen LogP contribution in [0.25, 0.3) is 4.96 Å². The van der Waals surface area contributed by atoms with Crippen LogP contribution in [-0.2, 0) is 4.84 Å². The summed E-state index contributed by atoms with van der Waals surface area (Å²) in [5.74, 6) is 0. The highest BCUT2D eigenvalue weighted by Crippen LogP contribution is 2.21. The molecule has 2 rings (SSSR count). The second-order valence-electron chi connectivity index (χ2n) is 2.83. The first-order valence-electron chi connectivity index (χ1n) is 4.11. The van der Waals surface area contributed by atoms with E-state index in [9.17, 15) is 0 Å². The van der Waals surface area contributed by atoms with Crippen molar-refractivity contribution in [3.8, 4) is 0 Å². The van der Waals surface area contributed by atoms with Crippen LogP contribution < -0.4 is 0 Å². The molecule has 74 valence electrons. The topological polar surface area (TPSA) is 51.8 Å². The van der Waals surface area contributed by atoms with Crippen molar-refractivity contribution in [3.63, 3.8) is 0 Å². The Morgan fingerprint density at radius 1 is 1.64 bits per heavy atom. The van der Waals surface area contributed by atoms with Crippen molar-refractivity contribution in [2.24, 2.45) is 5.16 Å². The molecule has 0 amide bonds. The number of hydrogen-bond acceptors (Lipinski definition) is 5. The highest BCUT2D eigenvalue weighted by atomic mass is 32.1. The zero-order chi connectivity index (χ0) is 10.1. The van der Waals surface area contributed by atoms with Gasteiger partial charge in [0.15, 0.2) is 0 Å². The molecule has 0 bridgehead atoms. The van der Waals surface area contributed by atoms with E-state index in [4.69, 9.17) is 4.84 Å². The molecule has 0 aliphatic heterocycles. The van der Waals surface area contributed by atoms with Gasteiger partial charge in [0, 0.05) is 0 Å². The fourth-order valence-corrected chi connectivity index (χ4v) is 2.28. The largest absolute Gasteiger partial charge is 0.399 e. The molecule has 5 nitrogen and oxygen atoms in total. The van der Waals surface area contributed by atoms with Gasteiger partial charge >= 0.3 is 0 Å². The fourth-order valence-electron chi connectivity index (χ4n) is 1.31. The average molecular weight is 210 g/mol. The molecule has 0 unspecified atom stereocenters. The van der Waals surface area contributed by atoms with Gasteiger partial charge < -0.3 is 4.84 Å². The summed E-state index contributed by atoms with van der Waals surface area (Å²) in [5.41, 5.74) is 1.89. The molecule has 0 aliphatic carbocycles. The lowest BCUT2D eigenvalue weighted by atomic mass is 10.3. The van der Waals surface area contributed by atoms with Crippen LogP contribution in [0.15, 0.2) is 11.5 Å². The maximum absolute atomic E-state index is 4.73. The maximum Gasteiger partial charge on any atom is 0.212 e. The molecule has 0 N–H and O–H groups in total. The van der Waals surface area contributed by atoms with E-state index < -0.39 is 0 Å². The molecule has 2 aromatic heterocycles. The number of rotatable bonds is 2. The van der Waals surface area contributed by atoms with E-state index in [0.717, 1.165) is 21.2 Å². The number of aromatic nitrogens is 3. The lowest BCUT2D eigenvalue weighted by Gasteiger charge is -1.96. The second-order valence-corrected chi connectivity index (χ2v) is 3.81. The summed E-state index contributed by atoms with van der Waals surface area (Å²) in [6.45, 7) is 3.89. The van der Waals surface area contributed by atoms with Gasteiger partial charge in [-0.05, 0) is 13.8 Å². The Kier molecular flexibility index (Phi) is 2.20. The van der Waals surface area contributed by atoms with Crippen LogP contribution in [0.3, 0.4) is 0 Å². The molecule has 2 aromatic rings. The van der Waals surface area contributed by atoms with Gasteiger partial charge in [-0.25, -0.2) is 9.50 Å². The zero-order valence-corrected chi connectivity index (χ0v) is 9.00. The normalized spacial score (nSPS) is 12.4. The lowest BCUT2D eigenvalue weighted by Crippen LogP contribution is -1.97. The maximum atomic E-state index is 4.73. The number of thiazole rings is 1. The van der Waals surface area contributed by atoms with Crippen molar-refractivity contribution >= 4 is 22.0 Å². The van der Waals surface area contributed by atoms with Gasteiger partial charge in [-0.1, -0.05) is 16.5 Å².